The number of ether oxygens (including phenoxy) is 1. The van der Waals surface area contributed by atoms with E-state index in [0.717, 1.165) is 18.2 Å². The van der Waals surface area contributed by atoms with Crippen LogP contribution in [0.2, 0.25) is 0 Å². The van der Waals surface area contributed by atoms with Gasteiger partial charge in [-0.2, -0.15) is 0 Å². The van der Waals surface area contributed by atoms with Crippen molar-refractivity contribution in [1.29, 1.82) is 0 Å². The summed E-state index contributed by atoms with van der Waals surface area (Å²) in [6.07, 6.45) is -4.78. The van der Waals surface area contributed by atoms with Gasteiger partial charge in [0, 0.05) is 31.7 Å². The van der Waals surface area contributed by atoms with E-state index in [9.17, 15) is 22.0 Å². The van der Waals surface area contributed by atoms with Crippen LogP contribution >= 0.6 is 24.8 Å². The molecule has 1 aliphatic heterocycles. The topological polar surface area (TPSA) is 24.5 Å². The highest BCUT2D eigenvalue weighted by Crippen LogP contribution is 2.33. The lowest BCUT2D eigenvalue weighted by atomic mass is 9.95. The average Bonchev–Trinajstić information content (AvgIpc) is 2.59. The molecule has 3 nitrogen and oxygen atoms in total. The molecule has 1 aliphatic rings. The summed E-state index contributed by atoms with van der Waals surface area (Å²) in [5.74, 6) is -1.50. The third-order valence-electron chi connectivity index (χ3n) is 4.20. The average molecular weight is 445 g/mol. The Hall–Kier alpha value is -1.61. The van der Waals surface area contributed by atoms with E-state index in [1.165, 1.54) is 24.3 Å². The molecule has 1 heterocycles. The van der Waals surface area contributed by atoms with E-state index in [2.05, 4.69) is 10.1 Å². The van der Waals surface area contributed by atoms with Crippen LogP contribution in [-0.4, -0.2) is 37.4 Å². The highest BCUT2D eigenvalue weighted by atomic mass is 35.5. The molecule has 0 spiro atoms. The number of benzene rings is 2. The number of hydrogen-bond donors (Lipinski definition) is 1. The van der Waals surface area contributed by atoms with Gasteiger partial charge in [-0.3, -0.25) is 4.90 Å². The fourth-order valence-electron chi connectivity index (χ4n) is 3.10. The Bertz CT molecular complexity index is 753. The van der Waals surface area contributed by atoms with Gasteiger partial charge in [-0.05, 0) is 35.9 Å². The zero-order chi connectivity index (χ0) is 18.7. The van der Waals surface area contributed by atoms with Crippen molar-refractivity contribution >= 4 is 24.8 Å². The highest BCUT2D eigenvalue weighted by Gasteiger charge is 2.31. The van der Waals surface area contributed by atoms with Crippen LogP contribution in [-0.2, 0) is 0 Å². The van der Waals surface area contributed by atoms with E-state index in [0.29, 0.717) is 31.7 Å². The Morgan fingerprint density at radius 3 is 2.11 bits per heavy atom. The van der Waals surface area contributed by atoms with E-state index in [4.69, 9.17) is 0 Å². The van der Waals surface area contributed by atoms with Crippen LogP contribution in [0, 0.1) is 11.6 Å². The summed E-state index contributed by atoms with van der Waals surface area (Å²) in [6.45, 7) is 2.56. The van der Waals surface area contributed by atoms with Crippen LogP contribution in [0.25, 0.3) is 0 Å². The minimum atomic E-state index is -4.78. The van der Waals surface area contributed by atoms with Crippen LogP contribution in [0.1, 0.15) is 17.2 Å². The van der Waals surface area contributed by atoms with E-state index < -0.39 is 24.0 Å². The maximum Gasteiger partial charge on any atom is 0.573 e. The fourth-order valence-corrected chi connectivity index (χ4v) is 3.10. The van der Waals surface area contributed by atoms with Gasteiger partial charge in [-0.25, -0.2) is 8.78 Å². The van der Waals surface area contributed by atoms with Crippen LogP contribution in [0.3, 0.4) is 0 Å². The molecule has 156 valence electrons. The van der Waals surface area contributed by atoms with Crippen molar-refractivity contribution in [3.05, 3.63) is 65.2 Å². The van der Waals surface area contributed by atoms with Gasteiger partial charge in [0.25, 0.3) is 0 Å². The number of rotatable bonds is 4. The molecule has 28 heavy (non-hydrogen) atoms. The van der Waals surface area contributed by atoms with Gasteiger partial charge in [-0.15, -0.1) is 38.0 Å². The lowest BCUT2D eigenvalue weighted by Crippen LogP contribution is -2.45. The maximum absolute atomic E-state index is 14.4. The van der Waals surface area contributed by atoms with Crippen molar-refractivity contribution in [2.45, 2.75) is 12.4 Å². The molecule has 1 fully saturated rings. The molecule has 0 saturated carbocycles. The quantitative estimate of drug-likeness (QED) is 0.691. The Labute approximate surface area is 171 Å². The Morgan fingerprint density at radius 1 is 0.929 bits per heavy atom. The van der Waals surface area contributed by atoms with Crippen LogP contribution < -0.4 is 10.1 Å². The molecule has 1 atom stereocenters. The molecule has 0 radical (unpaired) electrons. The fraction of sp³-hybridized carbons (Fsp3) is 0.333. The summed E-state index contributed by atoms with van der Waals surface area (Å²) in [4.78, 5) is 1.97. The first kappa shape index (κ1) is 24.4. The largest absolute Gasteiger partial charge is 0.573 e. The Kier molecular flexibility index (Phi) is 8.94. The minimum absolute atomic E-state index is 0. The number of piperazine rings is 1. The van der Waals surface area contributed by atoms with Gasteiger partial charge in [0.15, 0.2) is 0 Å². The lowest BCUT2D eigenvalue weighted by molar-refractivity contribution is -0.274. The minimum Gasteiger partial charge on any atom is -0.406 e. The third-order valence-corrected chi connectivity index (χ3v) is 4.20. The summed E-state index contributed by atoms with van der Waals surface area (Å²) in [5.41, 5.74) is 0.710. The predicted molar refractivity (Wildman–Crippen MR) is 100 cm³/mol. The molecule has 2 aromatic rings. The molecule has 1 N–H and O–H groups in total. The molecule has 0 aliphatic carbocycles. The second-order valence-corrected chi connectivity index (χ2v) is 5.97. The van der Waals surface area contributed by atoms with Crippen molar-refractivity contribution < 1.29 is 26.7 Å². The second-order valence-electron chi connectivity index (χ2n) is 5.97. The standard InChI is InChI=1S/C18H17F5N2O.2ClH/c19-13-3-6-16(20)15(11-13)17(25-9-7-24-8-10-25)12-1-4-14(5-2-12)26-18(21,22)23;;/h1-6,11,17,24H,7-10H2;2*1H/t17-;;/m1../s1. The van der Waals surface area contributed by atoms with Gasteiger partial charge in [0.1, 0.15) is 17.4 Å². The van der Waals surface area contributed by atoms with Crippen molar-refractivity contribution in [2.75, 3.05) is 26.2 Å². The van der Waals surface area contributed by atoms with Gasteiger partial charge in [-0.1, -0.05) is 12.1 Å². The highest BCUT2D eigenvalue weighted by molar-refractivity contribution is 5.85. The molecular formula is C18H19Cl2F5N2O. The van der Waals surface area contributed by atoms with Gasteiger partial charge in [0.2, 0.25) is 0 Å². The lowest BCUT2D eigenvalue weighted by Gasteiger charge is -2.35. The van der Waals surface area contributed by atoms with Crippen LogP contribution in [0.15, 0.2) is 42.5 Å². The monoisotopic (exact) mass is 444 g/mol. The van der Waals surface area contributed by atoms with Crippen LogP contribution in [0.5, 0.6) is 5.75 Å². The van der Waals surface area contributed by atoms with Gasteiger partial charge < -0.3 is 10.1 Å². The Morgan fingerprint density at radius 2 is 1.54 bits per heavy atom. The number of alkyl halides is 3. The number of nitrogens with one attached hydrogen (secondary N) is 1. The molecule has 0 aromatic heterocycles. The summed E-state index contributed by atoms with van der Waals surface area (Å²) in [6, 6.07) is 7.85. The van der Waals surface area contributed by atoms with Crippen molar-refractivity contribution in [3.8, 4) is 5.75 Å². The zero-order valence-corrected chi connectivity index (χ0v) is 16.1. The summed E-state index contributed by atoms with van der Waals surface area (Å²) in [7, 11) is 0. The molecular weight excluding hydrogens is 426 g/mol. The first-order valence-electron chi connectivity index (χ1n) is 8.09. The van der Waals surface area contributed by atoms with E-state index in [1.807, 2.05) is 4.90 Å². The molecule has 0 amide bonds. The van der Waals surface area contributed by atoms with Crippen molar-refractivity contribution in [3.63, 3.8) is 0 Å². The van der Waals surface area contributed by atoms with E-state index in [-0.39, 0.29) is 36.1 Å². The smallest absolute Gasteiger partial charge is 0.406 e. The molecule has 10 heteroatoms. The predicted octanol–water partition coefficient (Wildman–Crippen LogP) is 4.70. The van der Waals surface area contributed by atoms with Crippen molar-refractivity contribution in [1.82, 2.24) is 10.2 Å². The summed E-state index contributed by atoms with van der Waals surface area (Å²) >= 11 is 0. The van der Waals surface area contributed by atoms with Gasteiger partial charge in [0.05, 0.1) is 6.04 Å². The molecule has 2 aromatic carbocycles. The SMILES string of the molecule is Cl.Cl.Fc1ccc(F)c([C@@H](c2ccc(OC(F)(F)F)cc2)N2CCNCC2)c1. The number of halogens is 7. The second kappa shape index (κ2) is 10.2. The first-order chi connectivity index (χ1) is 12.3. The maximum atomic E-state index is 14.4. The summed E-state index contributed by atoms with van der Waals surface area (Å²) < 4.78 is 68.9. The normalized spacial score (nSPS) is 15.9. The first-order valence-corrected chi connectivity index (χ1v) is 8.09. The third kappa shape index (κ3) is 6.20. The zero-order valence-electron chi connectivity index (χ0n) is 14.5. The van der Waals surface area contributed by atoms with Gasteiger partial charge >= 0.3 is 6.36 Å². The number of hydrogen-bond acceptors (Lipinski definition) is 3. The Balaban J connectivity index is 0.00000196. The number of nitrogens with zero attached hydrogens (tertiary/aromatic N) is 1. The van der Waals surface area contributed by atoms with E-state index in [1.54, 1.807) is 0 Å². The van der Waals surface area contributed by atoms with Crippen molar-refractivity contribution in [2.24, 2.45) is 0 Å². The summed E-state index contributed by atoms with van der Waals surface area (Å²) in [5, 5.41) is 3.18. The molecule has 0 bridgehead atoms. The molecule has 3 rings (SSSR count). The molecule has 1 saturated heterocycles. The molecule has 0 unspecified atom stereocenters. The van der Waals surface area contributed by atoms with Crippen LogP contribution in [0.4, 0.5) is 22.0 Å². The van der Waals surface area contributed by atoms with E-state index >= 15 is 0 Å².